The number of unbranched alkanes of at least 4 members (excludes halogenated alkanes) is 3. The van der Waals surface area contributed by atoms with E-state index in [1.807, 2.05) is 12.1 Å². The summed E-state index contributed by atoms with van der Waals surface area (Å²) in [5.41, 5.74) is 2.39. The van der Waals surface area contributed by atoms with Gasteiger partial charge in [0.25, 0.3) is 0 Å². The summed E-state index contributed by atoms with van der Waals surface area (Å²) in [6.07, 6.45) is 7.87. The van der Waals surface area contributed by atoms with E-state index in [1.54, 1.807) is 0 Å². The van der Waals surface area contributed by atoms with Crippen molar-refractivity contribution < 1.29 is 5.11 Å². The third-order valence-electron chi connectivity index (χ3n) is 4.19. The molecule has 1 aliphatic rings. The highest BCUT2D eigenvalue weighted by Gasteiger charge is 2.37. The van der Waals surface area contributed by atoms with Gasteiger partial charge in [-0.15, -0.1) is 6.58 Å². The average molecular weight is 244 g/mol. The molecule has 0 spiro atoms. The molecule has 3 atom stereocenters. The van der Waals surface area contributed by atoms with Gasteiger partial charge < -0.3 is 5.11 Å². The fourth-order valence-electron chi connectivity index (χ4n) is 3.19. The van der Waals surface area contributed by atoms with E-state index in [0.29, 0.717) is 11.8 Å². The average Bonchev–Trinajstić information content (AvgIpc) is 2.68. The third kappa shape index (κ3) is 2.51. The molecule has 0 fully saturated rings. The standard InChI is InChI=1S/C17H24O/c1-3-5-6-7-11-15-13(4-2)14-10-8-9-12-16(14)17(15)18/h4,8-10,12-13,15,17-18H,2-3,5-7,11H2,1H3/t13-,15+,17-/m0/s1. The predicted octanol–water partition coefficient (Wildman–Crippen LogP) is 4.59. The van der Waals surface area contributed by atoms with Crippen molar-refractivity contribution >= 4 is 0 Å². The summed E-state index contributed by atoms with van der Waals surface area (Å²) >= 11 is 0. The van der Waals surface area contributed by atoms with Crippen LogP contribution in [0.1, 0.15) is 62.2 Å². The van der Waals surface area contributed by atoms with Gasteiger partial charge in [0, 0.05) is 5.92 Å². The lowest BCUT2D eigenvalue weighted by Gasteiger charge is -2.20. The van der Waals surface area contributed by atoms with Crippen molar-refractivity contribution in [3.63, 3.8) is 0 Å². The van der Waals surface area contributed by atoms with Gasteiger partial charge in [0.15, 0.2) is 0 Å². The van der Waals surface area contributed by atoms with Crippen molar-refractivity contribution in [2.45, 2.75) is 51.0 Å². The van der Waals surface area contributed by atoms with Gasteiger partial charge >= 0.3 is 0 Å². The molecular formula is C17H24O. The molecular weight excluding hydrogens is 220 g/mol. The van der Waals surface area contributed by atoms with Crippen molar-refractivity contribution in [1.29, 1.82) is 0 Å². The molecule has 0 heterocycles. The van der Waals surface area contributed by atoms with Crippen LogP contribution in [0.2, 0.25) is 0 Å². The monoisotopic (exact) mass is 244 g/mol. The maximum atomic E-state index is 10.5. The zero-order valence-corrected chi connectivity index (χ0v) is 11.3. The summed E-state index contributed by atoms with van der Waals surface area (Å²) in [6.45, 7) is 6.19. The normalized spacial score (nSPS) is 26.0. The van der Waals surface area contributed by atoms with E-state index < -0.39 is 0 Å². The van der Waals surface area contributed by atoms with Gasteiger partial charge in [-0.2, -0.15) is 0 Å². The first-order valence-electron chi connectivity index (χ1n) is 7.19. The fourth-order valence-corrected chi connectivity index (χ4v) is 3.19. The summed E-state index contributed by atoms with van der Waals surface area (Å²) < 4.78 is 0. The van der Waals surface area contributed by atoms with Crippen LogP contribution < -0.4 is 0 Å². The summed E-state index contributed by atoms with van der Waals surface area (Å²) in [6, 6.07) is 8.27. The van der Waals surface area contributed by atoms with Crippen LogP contribution in [-0.4, -0.2) is 5.11 Å². The molecule has 0 aliphatic heterocycles. The van der Waals surface area contributed by atoms with Crippen molar-refractivity contribution in [3.8, 4) is 0 Å². The Bertz CT molecular complexity index is 396. The molecule has 0 unspecified atom stereocenters. The molecule has 0 saturated carbocycles. The Balaban J connectivity index is 2.06. The van der Waals surface area contributed by atoms with Gasteiger partial charge in [-0.3, -0.25) is 0 Å². The first-order chi connectivity index (χ1) is 8.79. The van der Waals surface area contributed by atoms with Gasteiger partial charge in [-0.05, 0) is 23.5 Å². The Kier molecular flexibility index (Phi) is 4.60. The summed E-state index contributed by atoms with van der Waals surface area (Å²) in [7, 11) is 0. The van der Waals surface area contributed by atoms with E-state index in [2.05, 4.69) is 31.7 Å². The second-order valence-corrected chi connectivity index (χ2v) is 5.35. The summed E-state index contributed by atoms with van der Waals surface area (Å²) in [5, 5.41) is 10.5. The molecule has 2 rings (SSSR count). The quantitative estimate of drug-likeness (QED) is 0.573. The van der Waals surface area contributed by atoms with Crippen LogP contribution >= 0.6 is 0 Å². The Hall–Kier alpha value is -1.08. The van der Waals surface area contributed by atoms with E-state index in [1.165, 1.54) is 31.2 Å². The number of hydrogen-bond donors (Lipinski definition) is 1. The van der Waals surface area contributed by atoms with E-state index >= 15 is 0 Å². The highest BCUT2D eigenvalue weighted by atomic mass is 16.3. The van der Waals surface area contributed by atoms with Gasteiger partial charge in [-0.25, -0.2) is 0 Å². The Morgan fingerprint density at radius 3 is 2.56 bits per heavy atom. The highest BCUT2D eigenvalue weighted by molar-refractivity contribution is 5.40. The third-order valence-corrected chi connectivity index (χ3v) is 4.19. The molecule has 0 aromatic heterocycles. The number of fused-ring (bicyclic) bond motifs is 1. The van der Waals surface area contributed by atoms with Gasteiger partial charge in [0.2, 0.25) is 0 Å². The Morgan fingerprint density at radius 2 is 1.89 bits per heavy atom. The zero-order chi connectivity index (χ0) is 13.0. The molecule has 0 saturated heterocycles. The van der Waals surface area contributed by atoms with Crippen LogP contribution in [-0.2, 0) is 0 Å². The summed E-state index contributed by atoms with van der Waals surface area (Å²) in [4.78, 5) is 0. The first kappa shape index (κ1) is 13.4. The molecule has 18 heavy (non-hydrogen) atoms. The smallest absolute Gasteiger partial charge is 0.0829 e. The SMILES string of the molecule is C=C[C@H]1c2ccccc2[C@@H](O)[C@@H]1CCCCCC. The number of benzene rings is 1. The van der Waals surface area contributed by atoms with Crippen molar-refractivity contribution in [1.82, 2.24) is 0 Å². The first-order valence-corrected chi connectivity index (χ1v) is 7.19. The van der Waals surface area contributed by atoms with E-state index in [0.717, 1.165) is 12.0 Å². The number of hydrogen-bond acceptors (Lipinski definition) is 1. The molecule has 1 heteroatoms. The van der Waals surface area contributed by atoms with Crippen LogP contribution in [0.5, 0.6) is 0 Å². The highest BCUT2D eigenvalue weighted by Crippen LogP contribution is 2.47. The molecule has 98 valence electrons. The largest absolute Gasteiger partial charge is 0.388 e. The lowest BCUT2D eigenvalue weighted by molar-refractivity contribution is 0.110. The molecule has 1 nitrogen and oxygen atoms in total. The second kappa shape index (κ2) is 6.19. The van der Waals surface area contributed by atoms with E-state index in [-0.39, 0.29) is 6.10 Å². The topological polar surface area (TPSA) is 20.2 Å². The molecule has 1 aromatic carbocycles. The number of rotatable bonds is 6. The minimum Gasteiger partial charge on any atom is -0.388 e. The van der Waals surface area contributed by atoms with Crippen molar-refractivity contribution in [2.24, 2.45) is 5.92 Å². The van der Waals surface area contributed by atoms with Gasteiger partial charge in [0.05, 0.1) is 6.10 Å². The van der Waals surface area contributed by atoms with Crippen molar-refractivity contribution in [2.75, 3.05) is 0 Å². The zero-order valence-electron chi connectivity index (χ0n) is 11.3. The van der Waals surface area contributed by atoms with Crippen LogP contribution in [0.3, 0.4) is 0 Å². The van der Waals surface area contributed by atoms with E-state index in [4.69, 9.17) is 0 Å². The van der Waals surface area contributed by atoms with Crippen LogP contribution in [0.4, 0.5) is 0 Å². The van der Waals surface area contributed by atoms with E-state index in [9.17, 15) is 5.11 Å². The second-order valence-electron chi connectivity index (χ2n) is 5.35. The van der Waals surface area contributed by atoms with Crippen LogP contribution in [0.25, 0.3) is 0 Å². The molecule has 1 N–H and O–H groups in total. The molecule has 1 aromatic rings. The molecule has 0 radical (unpaired) electrons. The maximum absolute atomic E-state index is 10.5. The van der Waals surface area contributed by atoms with Crippen LogP contribution in [0, 0.1) is 5.92 Å². The van der Waals surface area contributed by atoms with Gasteiger partial charge in [-0.1, -0.05) is 62.9 Å². The minimum absolute atomic E-state index is 0.300. The Labute approximate surface area is 111 Å². The summed E-state index contributed by atoms with van der Waals surface area (Å²) in [5.74, 6) is 0.662. The molecule has 0 amide bonds. The van der Waals surface area contributed by atoms with Crippen molar-refractivity contribution in [3.05, 3.63) is 48.0 Å². The lowest BCUT2D eigenvalue weighted by Crippen LogP contribution is -2.10. The molecule has 1 aliphatic carbocycles. The minimum atomic E-state index is -0.300. The number of aliphatic hydroxyl groups is 1. The maximum Gasteiger partial charge on any atom is 0.0829 e. The van der Waals surface area contributed by atoms with Crippen LogP contribution in [0.15, 0.2) is 36.9 Å². The number of aliphatic hydroxyl groups excluding tert-OH is 1. The number of allylic oxidation sites excluding steroid dienone is 1. The molecule has 0 bridgehead atoms. The fraction of sp³-hybridized carbons (Fsp3) is 0.529. The predicted molar refractivity (Wildman–Crippen MR) is 76.6 cm³/mol. The Morgan fingerprint density at radius 1 is 1.17 bits per heavy atom. The van der Waals surface area contributed by atoms with Gasteiger partial charge in [0.1, 0.15) is 0 Å². The lowest BCUT2D eigenvalue weighted by atomic mass is 9.87.